The molecule has 0 spiro atoms. The second-order valence-corrected chi connectivity index (χ2v) is 7.56. The Hall–Kier alpha value is -1.14. The molecule has 3 rings (SSSR count). The van der Waals surface area contributed by atoms with Crippen LogP contribution in [0.4, 0.5) is 0 Å². The van der Waals surface area contributed by atoms with Crippen LogP contribution in [0.3, 0.4) is 0 Å². The summed E-state index contributed by atoms with van der Waals surface area (Å²) in [6.07, 6.45) is 4.82. The van der Waals surface area contributed by atoms with Gasteiger partial charge in [0.05, 0.1) is 24.7 Å². The molecule has 2 aliphatic rings. The van der Waals surface area contributed by atoms with Gasteiger partial charge in [-0.2, -0.15) is 0 Å². The smallest absolute Gasteiger partial charge is 0.231 e. The Morgan fingerprint density at radius 3 is 2.48 bits per heavy atom. The molecule has 0 radical (unpaired) electrons. The quantitative estimate of drug-likeness (QED) is 0.769. The molecular weight excluding hydrogens is 364 g/mol. The van der Waals surface area contributed by atoms with Gasteiger partial charge in [-0.25, -0.2) is 0 Å². The van der Waals surface area contributed by atoms with Gasteiger partial charge in [0.2, 0.25) is 5.91 Å². The Labute approximate surface area is 169 Å². The van der Waals surface area contributed by atoms with Crippen LogP contribution >= 0.6 is 12.4 Å². The molecule has 152 valence electrons. The highest BCUT2D eigenvalue weighted by Gasteiger charge is 2.42. The summed E-state index contributed by atoms with van der Waals surface area (Å²) in [5.41, 5.74) is 0.980. The third-order valence-electron chi connectivity index (χ3n) is 5.75. The molecule has 0 aliphatic carbocycles. The van der Waals surface area contributed by atoms with Crippen molar-refractivity contribution in [3.63, 3.8) is 0 Å². The Morgan fingerprint density at radius 2 is 1.85 bits per heavy atom. The molecule has 2 aliphatic heterocycles. The molecule has 0 saturated carbocycles. The first-order valence-corrected chi connectivity index (χ1v) is 9.88. The number of benzene rings is 1. The minimum atomic E-state index is -0.332. The lowest BCUT2D eigenvalue weighted by Crippen LogP contribution is -2.53. The molecule has 5 nitrogen and oxygen atoms in total. The third kappa shape index (κ3) is 5.92. The van der Waals surface area contributed by atoms with Crippen LogP contribution in [0.1, 0.15) is 31.2 Å². The summed E-state index contributed by atoms with van der Waals surface area (Å²) in [6.45, 7) is 4.67. The van der Waals surface area contributed by atoms with Gasteiger partial charge in [-0.3, -0.25) is 4.79 Å². The summed E-state index contributed by atoms with van der Waals surface area (Å²) in [7, 11) is 1.70. The fourth-order valence-electron chi connectivity index (χ4n) is 4.15. The normalized spacial score (nSPS) is 20.1. The second-order valence-electron chi connectivity index (χ2n) is 7.56. The van der Waals surface area contributed by atoms with Crippen LogP contribution < -0.4 is 5.32 Å². The van der Waals surface area contributed by atoms with E-state index in [1.165, 1.54) is 5.56 Å². The molecule has 1 aromatic rings. The minimum absolute atomic E-state index is 0. The van der Waals surface area contributed by atoms with Crippen LogP contribution in [-0.2, 0) is 20.7 Å². The zero-order valence-corrected chi connectivity index (χ0v) is 17.1. The fourth-order valence-corrected chi connectivity index (χ4v) is 4.15. The van der Waals surface area contributed by atoms with E-state index in [0.29, 0.717) is 6.61 Å². The monoisotopic (exact) mass is 396 g/mol. The SMILES string of the molecule is COCC1(C(=O)N2CCC(OCCc3ccccc3)CC2)CCNCC1.Cl. The lowest BCUT2D eigenvalue weighted by atomic mass is 9.78. The van der Waals surface area contributed by atoms with Gasteiger partial charge >= 0.3 is 0 Å². The van der Waals surface area contributed by atoms with E-state index < -0.39 is 0 Å². The van der Waals surface area contributed by atoms with Crippen LogP contribution in [0.25, 0.3) is 0 Å². The molecule has 2 heterocycles. The number of methoxy groups -OCH3 is 1. The van der Waals surface area contributed by atoms with Crippen LogP contribution in [0.2, 0.25) is 0 Å². The first kappa shape index (κ1) is 22.2. The average Bonchev–Trinajstić information content (AvgIpc) is 2.70. The Morgan fingerprint density at radius 1 is 1.19 bits per heavy atom. The van der Waals surface area contributed by atoms with Crippen molar-refractivity contribution >= 4 is 18.3 Å². The number of ether oxygens (including phenoxy) is 2. The number of amides is 1. The minimum Gasteiger partial charge on any atom is -0.384 e. The highest BCUT2D eigenvalue weighted by molar-refractivity contribution is 5.85. The number of hydrogen-bond acceptors (Lipinski definition) is 4. The maximum absolute atomic E-state index is 13.1. The molecule has 1 aromatic carbocycles. The summed E-state index contributed by atoms with van der Waals surface area (Å²) in [4.78, 5) is 15.2. The van der Waals surface area contributed by atoms with Crippen LogP contribution in [0, 0.1) is 5.41 Å². The maximum Gasteiger partial charge on any atom is 0.231 e. The first-order valence-electron chi connectivity index (χ1n) is 9.88. The summed E-state index contributed by atoms with van der Waals surface area (Å²) in [6, 6.07) is 10.4. The van der Waals surface area contributed by atoms with E-state index in [9.17, 15) is 4.79 Å². The molecule has 1 N–H and O–H groups in total. The molecule has 27 heavy (non-hydrogen) atoms. The van der Waals surface area contributed by atoms with Gasteiger partial charge in [0.25, 0.3) is 0 Å². The van der Waals surface area contributed by atoms with E-state index in [2.05, 4.69) is 29.6 Å². The number of likely N-dealkylation sites (tertiary alicyclic amines) is 1. The van der Waals surface area contributed by atoms with Crippen LogP contribution in [-0.4, -0.2) is 63.4 Å². The zero-order valence-electron chi connectivity index (χ0n) is 16.3. The van der Waals surface area contributed by atoms with Crippen LogP contribution in [0.5, 0.6) is 0 Å². The largest absolute Gasteiger partial charge is 0.384 e. The van der Waals surface area contributed by atoms with E-state index in [1.807, 2.05) is 11.0 Å². The maximum atomic E-state index is 13.1. The molecule has 0 unspecified atom stereocenters. The summed E-state index contributed by atoms with van der Waals surface area (Å²) in [5.74, 6) is 0.281. The summed E-state index contributed by atoms with van der Waals surface area (Å²) in [5, 5.41) is 3.35. The van der Waals surface area contributed by atoms with Gasteiger partial charge in [0.15, 0.2) is 0 Å². The van der Waals surface area contributed by atoms with E-state index in [1.54, 1.807) is 7.11 Å². The number of carbonyl (C=O) groups is 1. The second kappa shape index (κ2) is 11.0. The van der Waals surface area contributed by atoms with E-state index in [0.717, 1.165) is 64.9 Å². The van der Waals surface area contributed by atoms with Gasteiger partial charge in [0.1, 0.15) is 0 Å². The van der Waals surface area contributed by atoms with Crippen molar-refractivity contribution in [2.75, 3.05) is 46.5 Å². The van der Waals surface area contributed by atoms with E-state index in [4.69, 9.17) is 9.47 Å². The first-order chi connectivity index (χ1) is 12.7. The lowest BCUT2D eigenvalue weighted by Gasteiger charge is -2.41. The van der Waals surface area contributed by atoms with Gasteiger partial charge in [-0.05, 0) is 50.8 Å². The van der Waals surface area contributed by atoms with Crippen molar-refractivity contribution in [2.24, 2.45) is 5.41 Å². The average molecular weight is 397 g/mol. The van der Waals surface area contributed by atoms with Gasteiger partial charge < -0.3 is 19.7 Å². The summed E-state index contributed by atoms with van der Waals surface area (Å²) >= 11 is 0. The van der Waals surface area contributed by atoms with Crippen molar-refractivity contribution in [1.82, 2.24) is 10.2 Å². The Balaban J connectivity index is 0.00000261. The lowest BCUT2D eigenvalue weighted by molar-refractivity contribution is -0.150. The fraction of sp³-hybridized carbons (Fsp3) is 0.667. The van der Waals surface area contributed by atoms with Crippen molar-refractivity contribution in [3.8, 4) is 0 Å². The van der Waals surface area contributed by atoms with E-state index >= 15 is 0 Å². The predicted octanol–water partition coefficient (Wildman–Crippen LogP) is 2.67. The third-order valence-corrected chi connectivity index (χ3v) is 5.75. The number of nitrogens with one attached hydrogen (secondary N) is 1. The number of nitrogens with zero attached hydrogens (tertiary/aromatic N) is 1. The molecular formula is C21H33ClN2O3. The highest BCUT2D eigenvalue weighted by Crippen LogP contribution is 2.33. The number of rotatable bonds is 7. The molecule has 6 heteroatoms. The Kier molecular flexibility index (Phi) is 9.03. The topological polar surface area (TPSA) is 50.8 Å². The van der Waals surface area contributed by atoms with Crippen molar-refractivity contribution in [1.29, 1.82) is 0 Å². The van der Waals surface area contributed by atoms with Gasteiger partial charge in [-0.1, -0.05) is 30.3 Å². The molecule has 2 saturated heterocycles. The number of halogens is 1. The number of carbonyl (C=O) groups excluding carboxylic acids is 1. The standard InChI is InChI=1S/C21H32N2O3.ClH/c1-25-17-21(10-12-22-13-11-21)20(24)23-14-7-19(8-15-23)26-16-9-18-5-3-2-4-6-18;/h2-6,19,22H,7-17H2,1H3;1H. The van der Waals surface area contributed by atoms with Gasteiger partial charge in [-0.15, -0.1) is 12.4 Å². The molecule has 0 bridgehead atoms. The molecule has 1 amide bonds. The number of hydrogen-bond donors (Lipinski definition) is 1. The molecule has 2 fully saturated rings. The van der Waals surface area contributed by atoms with Crippen molar-refractivity contribution in [3.05, 3.63) is 35.9 Å². The van der Waals surface area contributed by atoms with Gasteiger partial charge in [0, 0.05) is 20.2 Å². The Bertz CT molecular complexity index is 550. The summed E-state index contributed by atoms with van der Waals surface area (Å²) < 4.78 is 11.5. The molecule has 0 atom stereocenters. The van der Waals surface area contributed by atoms with E-state index in [-0.39, 0.29) is 29.8 Å². The molecule has 0 aromatic heterocycles. The van der Waals surface area contributed by atoms with Crippen molar-refractivity contribution < 1.29 is 14.3 Å². The van der Waals surface area contributed by atoms with Crippen LogP contribution in [0.15, 0.2) is 30.3 Å². The number of piperidine rings is 2. The zero-order chi connectivity index (χ0) is 18.2. The van der Waals surface area contributed by atoms with Crippen molar-refractivity contribution in [2.45, 2.75) is 38.2 Å². The highest BCUT2D eigenvalue weighted by atomic mass is 35.5. The predicted molar refractivity (Wildman–Crippen MR) is 109 cm³/mol.